The van der Waals surface area contributed by atoms with Gasteiger partial charge in [0.05, 0.1) is 10.6 Å². The van der Waals surface area contributed by atoms with Gasteiger partial charge in [0.15, 0.2) is 0 Å². The number of thioether (sulfide) groups is 1. The van der Waals surface area contributed by atoms with Gasteiger partial charge in [-0.25, -0.2) is 8.42 Å². The molecular weight excluding hydrogens is 412 g/mol. The van der Waals surface area contributed by atoms with Crippen LogP contribution in [-0.2, 0) is 22.3 Å². The molecule has 1 heterocycles. The molecule has 8 nitrogen and oxygen atoms in total. The van der Waals surface area contributed by atoms with Crippen LogP contribution in [0.1, 0.15) is 21.8 Å². The Morgan fingerprint density at radius 1 is 1.10 bits per heavy atom. The lowest BCUT2D eigenvalue weighted by Gasteiger charge is -2.17. The van der Waals surface area contributed by atoms with E-state index < -0.39 is 15.9 Å². The van der Waals surface area contributed by atoms with Crippen molar-refractivity contribution in [2.75, 3.05) is 18.6 Å². The number of benzene rings is 2. The average molecular weight is 433 g/mol. The number of rotatable bonds is 8. The summed E-state index contributed by atoms with van der Waals surface area (Å²) in [4.78, 5) is 12.4. The van der Waals surface area contributed by atoms with Crippen LogP contribution in [-0.4, -0.2) is 42.1 Å². The van der Waals surface area contributed by atoms with Crippen molar-refractivity contribution >= 4 is 33.7 Å². The maximum Gasteiger partial charge on any atom is 0.322 e. The Labute approximate surface area is 173 Å². The van der Waals surface area contributed by atoms with Crippen molar-refractivity contribution in [3.63, 3.8) is 0 Å². The van der Waals surface area contributed by atoms with Crippen LogP contribution in [0.25, 0.3) is 0 Å². The van der Waals surface area contributed by atoms with Gasteiger partial charge >= 0.3 is 6.01 Å². The Morgan fingerprint density at radius 2 is 1.79 bits per heavy atom. The second kappa shape index (κ2) is 9.21. The highest BCUT2D eigenvalue weighted by molar-refractivity contribution is 7.97. The van der Waals surface area contributed by atoms with E-state index in [1.54, 1.807) is 0 Å². The molecule has 10 heteroatoms. The van der Waals surface area contributed by atoms with Crippen LogP contribution in [0.2, 0.25) is 0 Å². The van der Waals surface area contributed by atoms with Crippen molar-refractivity contribution in [2.45, 2.75) is 17.2 Å². The summed E-state index contributed by atoms with van der Waals surface area (Å²) in [6.45, 7) is 0.251. The zero-order valence-electron chi connectivity index (χ0n) is 15.9. The van der Waals surface area contributed by atoms with E-state index in [0.717, 1.165) is 5.56 Å². The standard InChI is InChI=1S/C19H20N4O4S2/c1-23(12-14-6-4-3-5-7-14)29(25,26)16-10-8-15(9-11-16)18(24)20-19-22-21-17(27-19)13-28-2/h3-11H,12-13H2,1-2H3,(H,20,22,24). The Hall–Kier alpha value is -2.69. The molecule has 0 aliphatic rings. The van der Waals surface area contributed by atoms with Crippen molar-refractivity contribution in [2.24, 2.45) is 0 Å². The fourth-order valence-electron chi connectivity index (χ4n) is 2.54. The Morgan fingerprint density at radius 3 is 2.45 bits per heavy atom. The van der Waals surface area contributed by atoms with E-state index in [2.05, 4.69) is 15.5 Å². The highest BCUT2D eigenvalue weighted by atomic mass is 32.2. The molecule has 0 spiro atoms. The molecule has 0 saturated carbocycles. The summed E-state index contributed by atoms with van der Waals surface area (Å²) in [6.07, 6.45) is 1.90. The van der Waals surface area contributed by atoms with E-state index >= 15 is 0 Å². The number of hydrogen-bond acceptors (Lipinski definition) is 7. The van der Waals surface area contributed by atoms with E-state index in [0.29, 0.717) is 11.6 Å². The highest BCUT2D eigenvalue weighted by Crippen LogP contribution is 2.18. The van der Waals surface area contributed by atoms with Gasteiger partial charge in [0.2, 0.25) is 15.9 Å². The zero-order chi connectivity index (χ0) is 20.9. The maximum absolute atomic E-state index is 12.8. The minimum absolute atomic E-state index is 0.00153. The van der Waals surface area contributed by atoms with E-state index in [1.807, 2.05) is 36.6 Å². The zero-order valence-corrected chi connectivity index (χ0v) is 17.5. The molecule has 0 aliphatic heterocycles. The largest absolute Gasteiger partial charge is 0.407 e. The summed E-state index contributed by atoms with van der Waals surface area (Å²) in [6, 6.07) is 15.0. The number of amides is 1. The summed E-state index contributed by atoms with van der Waals surface area (Å²) in [7, 11) is -2.16. The molecule has 1 aromatic heterocycles. The summed E-state index contributed by atoms with van der Waals surface area (Å²) in [5.41, 5.74) is 1.16. The Kier molecular flexibility index (Phi) is 6.68. The number of carbonyl (C=O) groups is 1. The van der Waals surface area contributed by atoms with Crippen LogP contribution in [0.3, 0.4) is 0 Å². The number of sulfonamides is 1. The number of carbonyl (C=O) groups excluding carboxylic acids is 1. The van der Waals surface area contributed by atoms with Crippen LogP contribution >= 0.6 is 11.8 Å². The van der Waals surface area contributed by atoms with Gasteiger partial charge in [-0.15, -0.1) is 5.10 Å². The quantitative estimate of drug-likeness (QED) is 0.583. The molecule has 0 aliphatic carbocycles. The van der Waals surface area contributed by atoms with E-state index in [1.165, 1.54) is 47.4 Å². The molecule has 1 N–H and O–H groups in total. The van der Waals surface area contributed by atoms with Crippen LogP contribution in [0, 0.1) is 0 Å². The van der Waals surface area contributed by atoms with Gasteiger partial charge in [-0.2, -0.15) is 16.1 Å². The van der Waals surface area contributed by atoms with Crippen molar-refractivity contribution in [1.29, 1.82) is 0 Å². The van der Waals surface area contributed by atoms with Crippen LogP contribution in [0.5, 0.6) is 0 Å². The van der Waals surface area contributed by atoms with E-state index in [4.69, 9.17) is 4.42 Å². The highest BCUT2D eigenvalue weighted by Gasteiger charge is 2.21. The van der Waals surface area contributed by atoms with Crippen molar-refractivity contribution in [3.05, 3.63) is 71.6 Å². The van der Waals surface area contributed by atoms with Gasteiger partial charge in [-0.1, -0.05) is 35.4 Å². The second-order valence-electron chi connectivity index (χ2n) is 6.16. The molecule has 3 rings (SSSR count). The number of nitrogens with zero attached hydrogens (tertiary/aromatic N) is 3. The lowest BCUT2D eigenvalue weighted by atomic mass is 10.2. The van der Waals surface area contributed by atoms with E-state index in [-0.39, 0.29) is 23.0 Å². The molecule has 0 unspecified atom stereocenters. The molecule has 29 heavy (non-hydrogen) atoms. The number of nitrogens with one attached hydrogen (secondary N) is 1. The molecule has 0 saturated heterocycles. The predicted octanol–water partition coefficient (Wildman–Crippen LogP) is 3.01. The van der Waals surface area contributed by atoms with Crippen molar-refractivity contribution in [3.8, 4) is 0 Å². The van der Waals surface area contributed by atoms with Gasteiger partial charge in [-0.3, -0.25) is 10.1 Å². The Balaban J connectivity index is 1.68. The molecule has 1 amide bonds. The monoisotopic (exact) mass is 432 g/mol. The number of aromatic nitrogens is 2. The fourth-order valence-corrected chi connectivity index (χ4v) is 4.06. The minimum Gasteiger partial charge on any atom is -0.407 e. The van der Waals surface area contributed by atoms with Gasteiger partial charge in [0, 0.05) is 19.2 Å². The average Bonchev–Trinajstić information content (AvgIpc) is 3.16. The topological polar surface area (TPSA) is 105 Å². The van der Waals surface area contributed by atoms with Crippen molar-refractivity contribution in [1.82, 2.24) is 14.5 Å². The fraction of sp³-hybridized carbons (Fsp3) is 0.211. The smallest absolute Gasteiger partial charge is 0.322 e. The first-order valence-electron chi connectivity index (χ1n) is 8.63. The van der Waals surface area contributed by atoms with Gasteiger partial charge in [-0.05, 0) is 36.1 Å². The molecule has 3 aromatic rings. The molecule has 0 fully saturated rings. The van der Waals surface area contributed by atoms with Crippen molar-refractivity contribution < 1.29 is 17.6 Å². The lowest BCUT2D eigenvalue weighted by Crippen LogP contribution is -2.26. The lowest BCUT2D eigenvalue weighted by molar-refractivity contribution is 0.102. The summed E-state index contributed by atoms with van der Waals surface area (Å²) in [5, 5.41) is 10.1. The third kappa shape index (κ3) is 5.22. The summed E-state index contributed by atoms with van der Waals surface area (Å²) >= 11 is 1.52. The van der Waals surface area contributed by atoms with Gasteiger partial charge in [0.1, 0.15) is 0 Å². The van der Waals surface area contributed by atoms with E-state index in [9.17, 15) is 13.2 Å². The van der Waals surface area contributed by atoms with Crippen LogP contribution < -0.4 is 5.32 Å². The van der Waals surface area contributed by atoms with Gasteiger partial charge < -0.3 is 4.42 Å². The minimum atomic E-state index is -3.68. The maximum atomic E-state index is 12.8. The Bertz CT molecular complexity index is 1070. The molecule has 0 radical (unpaired) electrons. The normalized spacial score (nSPS) is 11.6. The first kappa shape index (κ1) is 21.0. The first-order chi connectivity index (χ1) is 13.9. The molecule has 0 bridgehead atoms. The number of hydrogen-bond donors (Lipinski definition) is 1. The molecule has 152 valence electrons. The molecule has 2 aromatic carbocycles. The first-order valence-corrected chi connectivity index (χ1v) is 11.5. The third-order valence-electron chi connectivity index (χ3n) is 4.03. The predicted molar refractivity (Wildman–Crippen MR) is 111 cm³/mol. The van der Waals surface area contributed by atoms with Crippen LogP contribution in [0.4, 0.5) is 6.01 Å². The molecule has 0 atom stereocenters. The SMILES string of the molecule is CSCc1nnc(NC(=O)c2ccc(S(=O)(=O)N(C)Cc3ccccc3)cc2)o1. The summed E-state index contributed by atoms with van der Waals surface area (Å²) < 4.78 is 32.1. The van der Waals surface area contributed by atoms with Crippen LogP contribution in [0.15, 0.2) is 63.9 Å². The van der Waals surface area contributed by atoms with Gasteiger partial charge in [0.25, 0.3) is 5.91 Å². The summed E-state index contributed by atoms with van der Waals surface area (Å²) in [5.74, 6) is 0.494. The second-order valence-corrected chi connectivity index (χ2v) is 9.07. The third-order valence-corrected chi connectivity index (χ3v) is 6.38. The molecular formula is C19H20N4O4S2. The number of anilines is 1.